The quantitative estimate of drug-likeness (QED) is 0.736. The van der Waals surface area contributed by atoms with E-state index in [1.54, 1.807) is 6.92 Å². The molecule has 3 aliphatic rings. The van der Waals surface area contributed by atoms with Crippen molar-refractivity contribution < 1.29 is 17.9 Å². The second-order valence-electron chi connectivity index (χ2n) is 7.63. The van der Waals surface area contributed by atoms with Crippen molar-refractivity contribution in [3.05, 3.63) is 0 Å². The van der Waals surface area contributed by atoms with Gasteiger partial charge >= 0.3 is 0 Å². The van der Waals surface area contributed by atoms with Crippen LogP contribution >= 0.6 is 0 Å². The van der Waals surface area contributed by atoms with Gasteiger partial charge in [0.2, 0.25) is 5.91 Å². The van der Waals surface area contributed by atoms with Gasteiger partial charge < -0.3 is 15.8 Å². The van der Waals surface area contributed by atoms with Crippen LogP contribution in [0.1, 0.15) is 33.6 Å². The molecule has 0 aromatic carbocycles. The number of fused-ring (bicyclic) bond motifs is 1. The fourth-order valence-corrected chi connectivity index (χ4v) is 6.42. The number of ether oxygens (including phenoxy) is 1. The minimum atomic E-state index is -3.06. The zero-order chi connectivity index (χ0) is 15.7. The van der Waals surface area contributed by atoms with Gasteiger partial charge in [0.15, 0.2) is 9.84 Å². The van der Waals surface area contributed by atoms with Crippen molar-refractivity contribution in [2.45, 2.75) is 50.8 Å². The Hall–Kier alpha value is -0.660. The Morgan fingerprint density at radius 2 is 2.00 bits per heavy atom. The van der Waals surface area contributed by atoms with Gasteiger partial charge in [-0.25, -0.2) is 8.42 Å². The van der Waals surface area contributed by atoms with Gasteiger partial charge in [0, 0.05) is 17.9 Å². The molecule has 2 heterocycles. The van der Waals surface area contributed by atoms with Crippen LogP contribution in [0.15, 0.2) is 0 Å². The van der Waals surface area contributed by atoms with E-state index in [4.69, 9.17) is 10.5 Å². The Labute approximate surface area is 125 Å². The summed E-state index contributed by atoms with van der Waals surface area (Å²) in [4.78, 5) is 12.8. The summed E-state index contributed by atoms with van der Waals surface area (Å²) in [6.07, 6.45) is 1.25. The number of hydrogen-bond donors (Lipinski definition) is 2. The molecule has 120 valence electrons. The summed E-state index contributed by atoms with van der Waals surface area (Å²) in [5.41, 5.74) is 4.35. The minimum absolute atomic E-state index is 0.00710. The summed E-state index contributed by atoms with van der Waals surface area (Å²) in [6.45, 7) is 6.32. The zero-order valence-electron chi connectivity index (χ0n) is 12.8. The summed E-state index contributed by atoms with van der Waals surface area (Å²) in [5, 5.41) is 2.92. The SMILES string of the molecule is CC1(NC(=O)C2(N)C3CCOC3C2(C)C)CCS(=O)(=O)C1. The number of nitrogens with one attached hydrogen (secondary N) is 1. The third-order valence-electron chi connectivity index (χ3n) is 5.75. The average Bonchev–Trinajstić information content (AvgIpc) is 2.92. The molecule has 21 heavy (non-hydrogen) atoms. The van der Waals surface area contributed by atoms with E-state index < -0.39 is 26.3 Å². The molecule has 3 rings (SSSR count). The van der Waals surface area contributed by atoms with E-state index in [0.29, 0.717) is 13.0 Å². The van der Waals surface area contributed by atoms with Crippen LogP contribution in [0.5, 0.6) is 0 Å². The van der Waals surface area contributed by atoms with Crippen LogP contribution in [0.25, 0.3) is 0 Å². The predicted octanol–water partition coefficient (Wildman–Crippen LogP) is -0.178. The van der Waals surface area contributed by atoms with Crippen LogP contribution < -0.4 is 11.1 Å². The van der Waals surface area contributed by atoms with Crippen molar-refractivity contribution in [2.24, 2.45) is 17.1 Å². The molecule has 1 aliphatic carbocycles. The number of amides is 1. The molecular formula is C14H24N2O4S. The van der Waals surface area contributed by atoms with Crippen molar-refractivity contribution in [1.29, 1.82) is 0 Å². The number of sulfone groups is 1. The Morgan fingerprint density at radius 1 is 1.33 bits per heavy atom. The first-order chi connectivity index (χ1) is 9.52. The lowest BCUT2D eigenvalue weighted by atomic mass is 9.48. The van der Waals surface area contributed by atoms with Crippen molar-refractivity contribution in [3.8, 4) is 0 Å². The summed E-state index contributed by atoms with van der Waals surface area (Å²) >= 11 is 0. The molecule has 7 heteroatoms. The van der Waals surface area contributed by atoms with E-state index in [1.807, 2.05) is 13.8 Å². The number of carbonyl (C=O) groups is 1. The first-order valence-corrected chi connectivity index (χ1v) is 9.28. The highest BCUT2D eigenvalue weighted by molar-refractivity contribution is 7.91. The topological polar surface area (TPSA) is 98.5 Å². The molecule has 4 atom stereocenters. The van der Waals surface area contributed by atoms with E-state index in [0.717, 1.165) is 6.42 Å². The van der Waals surface area contributed by atoms with E-state index in [-0.39, 0.29) is 29.4 Å². The Bertz CT molecular complexity index is 588. The molecule has 0 spiro atoms. The Kier molecular flexibility index (Phi) is 3.05. The summed E-state index contributed by atoms with van der Waals surface area (Å²) in [5.74, 6) is -0.0970. The monoisotopic (exact) mass is 316 g/mol. The Morgan fingerprint density at radius 3 is 2.57 bits per heavy atom. The molecule has 3 fully saturated rings. The van der Waals surface area contributed by atoms with Gasteiger partial charge in [-0.05, 0) is 19.8 Å². The molecule has 4 unspecified atom stereocenters. The molecule has 6 nitrogen and oxygen atoms in total. The maximum absolute atomic E-state index is 12.8. The number of hydrogen-bond acceptors (Lipinski definition) is 5. The van der Waals surface area contributed by atoms with Crippen molar-refractivity contribution in [1.82, 2.24) is 5.32 Å². The third kappa shape index (κ3) is 1.97. The molecule has 2 aliphatic heterocycles. The third-order valence-corrected chi connectivity index (χ3v) is 7.65. The van der Waals surface area contributed by atoms with Gasteiger partial charge in [-0.1, -0.05) is 13.8 Å². The van der Waals surface area contributed by atoms with Gasteiger partial charge in [0.25, 0.3) is 0 Å². The van der Waals surface area contributed by atoms with Crippen LogP contribution in [0, 0.1) is 11.3 Å². The van der Waals surface area contributed by atoms with Crippen molar-refractivity contribution in [2.75, 3.05) is 18.1 Å². The molecular weight excluding hydrogens is 292 g/mol. The summed E-state index contributed by atoms with van der Waals surface area (Å²) < 4.78 is 29.0. The molecule has 0 bridgehead atoms. The highest BCUT2D eigenvalue weighted by Crippen LogP contribution is 2.58. The summed E-state index contributed by atoms with van der Waals surface area (Å²) in [6, 6.07) is 0. The largest absolute Gasteiger partial charge is 0.377 e. The average molecular weight is 316 g/mol. The highest BCUT2D eigenvalue weighted by Gasteiger charge is 2.71. The molecule has 1 amide bonds. The lowest BCUT2D eigenvalue weighted by Gasteiger charge is -2.61. The maximum atomic E-state index is 12.8. The van der Waals surface area contributed by atoms with Gasteiger partial charge in [-0.3, -0.25) is 4.79 Å². The molecule has 0 radical (unpaired) electrons. The first-order valence-electron chi connectivity index (χ1n) is 7.45. The smallest absolute Gasteiger partial charge is 0.241 e. The van der Waals surface area contributed by atoms with Crippen molar-refractivity contribution in [3.63, 3.8) is 0 Å². The van der Waals surface area contributed by atoms with E-state index in [1.165, 1.54) is 0 Å². The number of carbonyl (C=O) groups excluding carboxylic acids is 1. The fraction of sp³-hybridized carbons (Fsp3) is 0.929. The van der Waals surface area contributed by atoms with Crippen LogP contribution in [0.4, 0.5) is 0 Å². The second kappa shape index (κ2) is 4.20. The summed E-state index contributed by atoms with van der Waals surface area (Å²) in [7, 11) is -3.06. The number of nitrogens with two attached hydrogens (primary N) is 1. The lowest BCUT2D eigenvalue weighted by molar-refractivity contribution is -0.176. The highest BCUT2D eigenvalue weighted by atomic mass is 32.2. The van der Waals surface area contributed by atoms with Crippen LogP contribution in [0.2, 0.25) is 0 Å². The second-order valence-corrected chi connectivity index (χ2v) is 9.82. The van der Waals surface area contributed by atoms with Crippen molar-refractivity contribution >= 4 is 15.7 Å². The van der Waals surface area contributed by atoms with E-state index >= 15 is 0 Å². The van der Waals surface area contributed by atoms with Crippen LogP contribution in [-0.4, -0.2) is 49.6 Å². The first kappa shape index (κ1) is 15.2. The Balaban J connectivity index is 1.80. The zero-order valence-corrected chi connectivity index (χ0v) is 13.6. The molecule has 0 aromatic rings. The van der Waals surface area contributed by atoms with E-state index in [2.05, 4.69) is 5.32 Å². The van der Waals surface area contributed by atoms with Crippen LogP contribution in [-0.2, 0) is 19.4 Å². The molecule has 0 aromatic heterocycles. The minimum Gasteiger partial charge on any atom is -0.377 e. The maximum Gasteiger partial charge on any atom is 0.241 e. The van der Waals surface area contributed by atoms with Gasteiger partial charge in [0.05, 0.1) is 23.1 Å². The molecule has 3 N–H and O–H groups in total. The predicted molar refractivity (Wildman–Crippen MR) is 78.4 cm³/mol. The van der Waals surface area contributed by atoms with Gasteiger partial charge in [-0.15, -0.1) is 0 Å². The van der Waals surface area contributed by atoms with E-state index in [9.17, 15) is 13.2 Å². The molecule has 2 saturated heterocycles. The normalized spacial score (nSPS) is 46.7. The number of rotatable bonds is 2. The van der Waals surface area contributed by atoms with Gasteiger partial charge in [-0.2, -0.15) is 0 Å². The van der Waals surface area contributed by atoms with Gasteiger partial charge in [0.1, 0.15) is 5.54 Å². The van der Waals surface area contributed by atoms with Crippen LogP contribution in [0.3, 0.4) is 0 Å². The lowest BCUT2D eigenvalue weighted by Crippen LogP contribution is -2.81. The molecule has 1 saturated carbocycles. The fourth-order valence-electron chi connectivity index (χ4n) is 4.33. The standard InChI is InChI=1S/C14H24N2O4S/c1-12(2)10-9(4-6-20-10)14(12,15)11(17)16-13(3)5-7-21(18,19)8-13/h9-10H,4-8,15H2,1-3H3,(H,16,17).